The summed E-state index contributed by atoms with van der Waals surface area (Å²) in [7, 11) is 0. The summed E-state index contributed by atoms with van der Waals surface area (Å²) in [6.45, 7) is 5.18. The maximum Gasteiger partial charge on any atom is 0.161 e. The lowest BCUT2D eigenvalue weighted by Gasteiger charge is -2.11. The summed E-state index contributed by atoms with van der Waals surface area (Å²) in [5.74, 6) is 1.88. The Labute approximate surface area is 120 Å². The summed E-state index contributed by atoms with van der Waals surface area (Å²) in [6, 6.07) is 8.59. The van der Waals surface area contributed by atoms with Crippen LogP contribution in [0.5, 0.6) is 0 Å². The molecule has 1 aromatic carbocycles. The number of fused-ring (bicyclic) bond motifs is 1. The van der Waals surface area contributed by atoms with Gasteiger partial charge in [0.1, 0.15) is 5.82 Å². The van der Waals surface area contributed by atoms with Gasteiger partial charge < -0.3 is 5.32 Å². The monoisotopic (exact) mass is 267 g/mol. The molecular formula is C17H21N3. The minimum Gasteiger partial charge on any atom is -0.370 e. The Morgan fingerprint density at radius 1 is 1.05 bits per heavy atom. The molecule has 0 atom stereocenters. The van der Waals surface area contributed by atoms with E-state index in [4.69, 9.17) is 9.97 Å². The minimum atomic E-state index is 0.851. The van der Waals surface area contributed by atoms with Crippen molar-refractivity contribution in [1.29, 1.82) is 0 Å². The van der Waals surface area contributed by atoms with E-state index < -0.39 is 0 Å². The van der Waals surface area contributed by atoms with Crippen molar-refractivity contribution in [2.75, 3.05) is 11.9 Å². The molecule has 3 rings (SSSR count). The second-order valence-electron chi connectivity index (χ2n) is 5.26. The second-order valence-corrected chi connectivity index (χ2v) is 5.26. The highest BCUT2D eigenvalue weighted by Crippen LogP contribution is 2.29. The van der Waals surface area contributed by atoms with Gasteiger partial charge in [0.05, 0.1) is 0 Å². The third-order valence-corrected chi connectivity index (χ3v) is 3.90. The summed E-state index contributed by atoms with van der Waals surface area (Å²) in [4.78, 5) is 9.51. The quantitative estimate of drug-likeness (QED) is 0.919. The minimum absolute atomic E-state index is 0.851. The van der Waals surface area contributed by atoms with E-state index in [1.54, 1.807) is 0 Å². The van der Waals surface area contributed by atoms with Crippen LogP contribution < -0.4 is 5.32 Å². The Morgan fingerprint density at radius 3 is 2.55 bits per heavy atom. The van der Waals surface area contributed by atoms with Gasteiger partial charge >= 0.3 is 0 Å². The number of nitrogens with zero attached hydrogens (tertiary/aromatic N) is 2. The van der Waals surface area contributed by atoms with Crippen LogP contribution in [0.3, 0.4) is 0 Å². The molecule has 1 aliphatic rings. The van der Waals surface area contributed by atoms with Crippen LogP contribution in [0.4, 0.5) is 5.82 Å². The Balaban J connectivity index is 2.02. The predicted molar refractivity (Wildman–Crippen MR) is 83.0 cm³/mol. The van der Waals surface area contributed by atoms with Gasteiger partial charge in [-0.3, -0.25) is 0 Å². The molecule has 0 spiro atoms. The van der Waals surface area contributed by atoms with Crippen molar-refractivity contribution in [3.8, 4) is 11.4 Å². The molecule has 20 heavy (non-hydrogen) atoms. The molecule has 0 unspecified atom stereocenters. The van der Waals surface area contributed by atoms with Crippen LogP contribution in [0.15, 0.2) is 24.3 Å². The lowest BCUT2D eigenvalue weighted by molar-refractivity contribution is 0.900. The summed E-state index contributed by atoms with van der Waals surface area (Å²) in [6.07, 6.45) is 4.44. The molecule has 3 heteroatoms. The van der Waals surface area contributed by atoms with Crippen LogP contribution >= 0.6 is 0 Å². The van der Waals surface area contributed by atoms with E-state index in [9.17, 15) is 0 Å². The average Bonchev–Trinajstić information content (AvgIpc) is 2.96. The highest BCUT2D eigenvalue weighted by Gasteiger charge is 2.19. The van der Waals surface area contributed by atoms with Crippen LogP contribution in [-0.4, -0.2) is 16.5 Å². The van der Waals surface area contributed by atoms with Gasteiger partial charge in [0, 0.05) is 23.4 Å². The van der Waals surface area contributed by atoms with Crippen LogP contribution in [0, 0.1) is 0 Å². The first kappa shape index (κ1) is 13.1. The predicted octanol–water partition coefficient (Wildman–Crippen LogP) is 3.63. The number of aromatic nitrogens is 2. The molecule has 1 aliphatic carbocycles. The fourth-order valence-corrected chi connectivity index (χ4v) is 2.76. The number of hydrogen-bond acceptors (Lipinski definition) is 3. The Hall–Kier alpha value is -1.90. The normalized spacial score (nSPS) is 13.3. The number of aryl methyl sites for hydroxylation is 2. The summed E-state index contributed by atoms with van der Waals surface area (Å²) in [5, 5.41) is 3.39. The molecule has 0 fully saturated rings. The van der Waals surface area contributed by atoms with Gasteiger partial charge in [0.15, 0.2) is 5.82 Å². The standard InChI is InChI=1S/C17H21N3/c1-3-12-8-10-13(11-9-12)16-19-15-7-5-6-14(15)17(20-16)18-4-2/h8-11H,3-7H2,1-2H3,(H,18,19,20). The molecule has 104 valence electrons. The van der Waals surface area contributed by atoms with E-state index in [1.165, 1.54) is 23.2 Å². The highest BCUT2D eigenvalue weighted by molar-refractivity contribution is 5.61. The first-order valence-electron chi connectivity index (χ1n) is 7.54. The molecule has 0 bridgehead atoms. The van der Waals surface area contributed by atoms with E-state index in [2.05, 4.69) is 43.4 Å². The molecule has 0 saturated heterocycles. The van der Waals surface area contributed by atoms with E-state index in [0.29, 0.717) is 0 Å². The first-order valence-corrected chi connectivity index (χ1v) is 7.54. The Kier molecular flexibility index (Phi) is 3.68. The zero-order valence-corrected chi connectivity index (χ0v) is 12.2. The summed E-state index contributed by atoms with van der Waals surface area (Å²) >= 11 is 0. The van der Waals surface area contributed by atoms with Gasteiger partial charge in [-0.25, -0.2) is 9.97 Å². The van der Waals surface area contributed by atoms with E-state index in [0.717, 1.165) is 43.0 Å². The molecule has 3 nitrogen and oxygen atoms in total. The van der Waals surface area contributed by atoms with Gasteiger partial charge in [-0.2, -0.15) is 0 Å². The molecule has 2 aromatic rings. The molecular weight excluding hydrogens is 246 g/mol. The number of anilines is 1. The summed E-state index contributed by atoms with van der Waals surface area (Å²) in [5.41, 5.74) is 5.00. The number of rotatable bonds is 4. The largest absolute Gasteiger partial charge is 0.370 e. The molecule has 1 heterocycles. The SMILES string of the molecule is CCNc1nc(-c2ccc(CC)cc2)nc2c1CCC2. The van der Waals surface area contributed by atoms with Crippen molar-refractivity contribution >= 4 is 5.82 Å². The zero-order valence-electron chi connectivity index (χ0n) is 12.2. The van der Waals surface area contributed by atoms with Crippen LogP contribution in [0.1, 0.15) is 37.1 Å². The van der Waals surface area contributed by atoms with Crippen LogP contribution in [0.2, 0.25) is 0 Å². The van der Waals surface area contributed by atoms with Gasteiger partial charge in [-0.15, -0.1) is 0 Å². The van der Waals surface area contributed by atoms with Crippen molar-refractivity contribution < 1.29 is 0 Å². The maximum atomic E-state index is 4.77. The second kappa shape index (κ2) is 5.61. The number of benzene rings is 1. The number of nitrogens with one attached hydrogen (secondary N) is 1. The average molecular weight is 267 g/mol. The molecule has 0 radical (unpaired) electrons. The van der Waals surface area contributed by atoms with E-state index in [1.807, 2.05) is 0 Å². The third kappa shape index (κ3) is 2.40. The highest BCUT2D eigenvalue weighted by atomic mass is 15.0. The zero-order chi connectivity index (χ0) is 13.9. The molecule has 0 amide bonds. The fraction of sp³-hybridized carbons (Fsp3) is 0.412. The van der Waals surface area contributed by atoms with Crippen molar-refractivity contribution in [2.24, 2.45) is 0 Å². The third-order valence-electron chi connectivity index (χ3n) is 3.90. The van der Waals surface area contributed by atoms with Gasteiger partial charge in [0.25, 0.3) is 0 Å². The smallest absolute Gasteiger partial charge is 0.161 e. The maximum absolute atomic E-state index is 4.77. The lowest BCUT2D eigenvalue weighted by atomic mass is 10.1. The van der Waals surface area contributed by atoms with E-state index in [-0.39, 0.29) is 0 Å². The van der Waals surface area contributed by atoms with Crippen LogP contribution in [-0.2, 0) is 19.3 Å². The number of hydrogen-bond donors (Lipinski definition) is 1. The first-order chi connectivity index (χ1) is 9.81. The lowest BCUT2D eigenvalue weighted by Crippen LogP contribution is -2.06. The Bertz CT molecular complexity index is 602. The van der Waals surface area contributed by atoms with Crippen molar-refractivity contribution in [3.05, 3.63) is 41.1 Å². The van der Waals surface area contributed by atoms with E-state index >= 15 is 0 Å². The van der Waals surface area contributed by atoms with Crippen molar-refractivity contribution in [1.82, 2.24) is 9.97 Å². The Morgan fingerprint density at radius 2 is 1.85 bits per heavy atom. The van der Waals surface area contributed by atoms with Crippen molar-refractivity contribution in [3.63, 3.8) is 0 Å². The molecule has 0 aliphatic heterocycles. The molecule has 0 saturated carbocycles. The van der Waals surface area contributed by atoms with Gasteiger partial charge in [-0.05, 0) is 38.2 Å². The van der Waals surface area contributed by atoms with Gasteiger partial charge in [0.2, 0.25) is 0 Å². The fourth-order valence-electron chi connectivity index (χ4n) is 2.76. The molecule has 1 N–H and O–H groups in total. The van der Waals surface area contributed by atoms with Crippen LogP contribution in [0.25, 0.3) is 11.4 Å². The van der Waals surface area contributed by atoms with Gasteiger partial charge in [-0.1, -0.05) is 31.2 Å². The molecule has 1 aromatic heterocycles. The topological polar surface area (TPSA) is 37.8 Å². The van der Waals surface area contributed by atoms with Crippen molar-refractivity contribution in [2.45, 2.75) is 39.5 Å². The summed E-state index contributed by atoms with van der Waals surface area (Å²) < 4.78 is 0.